The van der Waals surface area contributed by atoms with E-state index in [1.165, 1.54) is 30.4 Å². The summed E-state index contributed by atoms with van der Waals surface area (Å²) >= 11 is 7.32. The average Bonchev–Trinajstić information content (AvgIpc) is 3.09. The summed E-state index contributed by atoms with van der Waals surface area (Å²) in [6.07, 6.45) is 2.22. The van der Waals surface area contributed by atoms with E-state index in [0.717, 1.165) is 33.9 Å². The van der Waals surface area contributed by atoms with E-state index < -0.39 is 17.1 Å². The number of carbonyl (C=O) groups is 1. The Balaban J connectivity index is 2.02. The van der Waals surface area contributed by atoms with Crippen LogP contribution in [-0.4, -0.2) is 26.5 Å². The third-order valence-electron chi connectivity index (χ3n) is 5.46. The minimum atomic E-state index is -0.613. The molecule has 6 nitrogen and oxygen atoms in total. The maximum atomic E-state index is 13.7. The monoisotopic (exact) mass is 449 g/mol. The number of fused-ring (bicyclic) bond motifs is 3. The number of aryl methyl sites for hydroxylation is 1. The van der Waals surface area contributed by atoms with Crippen LogP contribution in [0.5, 0.6) is 0 Å². The Kier molecular flexibility index (Phi) is 5.55. The van der Waals surface area contributed by atoms with E-state index in [1.807, 2.05) is 6.92 Å². The molecule has 0 atom stereocenters. The van der Waals surface area contributed by atoms with Crippen molar-refractivity contribution < 1.29 is 9.18 Å². The Hall–Kier alpha value is -2.45. The molecular weight excluding hydrogens is 429 g/mol. The predicted octanol–water partition coefficient (Wildman–Crippen LogP) is 3.71. The maximum absolute atomic E-state index is 13.7. The molecule has 30 heavy (non-hydrogen) atoms. The fraction of sp³-hybridized carbons (Fsp3) is 0.381. The number of thiophene rings is 1. The van der Waals surface area contributed by atoms with E-state index in [1.54, 1.807) is 9.47 Å². The Morgan fingerprint density at radius 3 is 2.73 bits per heavy atom. The maximum Gasteiger partial charge on any atom is 0.336 e. The van der Waals surface area contributed by atoms with Crippen LogP contribution in [0.2, 0.25) is 5.02 Å². The Morgan fingerprint density at radius 1 is 1.30 bits per heavy atom. The minimum absolute atomic E-state index is 0.0140. The first-order valence-corrected chi connectivity index (χ1v) is 11.0. The quantitative estimate of drug-likeness (QED) is 0.610. The number of rotatable bonds is 4. The standard InChI is InChI=1S/C21H21ClFN3O3S/c1-3-4-8-25-20-18(14-7-9-24(12(2)27)11-17(14)30-20)19(28)26(21(25)29)13-5-6-16(23)15(22)10-13/h5-6,10H,3-4,7-9,11H2,1-2H3. The van der Waals surface area contributed by atoms with Crippen molar-refractivity contribution in [2.24, 2.45) is 0 Å². The van der Waals surface area contributed by atoms with Crippen molar-refractivity contribution in [1.82, 2.24) is 14.0 Å². The van der Waals surface area contributed by atoms with Gasteiger partial charge in [0.15, 0.2) is 0 Å². The van der Waals surface area contributed by atoms with Crippen molar-refractivity contribution in [3.8, 4) is 5.69 Å². The zero-order valence-electron chi connectivity index (χ0n) is 16.7. The number of nitrogens with zero attached hydrogens (tertiary/aromatic N) is 3. The van der Waals surface area contributed by atoms with Gasteiger partial charge in [-0.15, -0.1) is 11.3 Å². The summed E-state index contributed by atoms with van der Waals surface area (Å²) in [6, 6.07) is 3.83. The first kappa shape index (κ1) is 20.8. The van der Waals surface area contributed by atoms with Gasteiger partial charge in [0.25, 0.3) is 5.56 Å². The highest BCUT2D eigenvalue weighted by Crippen LogP contribution is 2.33. The smallest absolute Gasteiger partial charge is 0.336 e. The highest BCUT2D eigenvalue weighted by Gasteiger charge is 2.27. The van der Waals surface area contributed by atoms with Gasteiger partial charge in [0.2, 0.25) is 5.91 Å². The largest absolute Gasteiger partial charge is 0.337 e. The zero-order valence-corrected chi connectivity index (χ0v) is 18.3. The molecule has 2 aromatic heterocycles. The summed E-state index contributed by atoms with van der Waals surface area (Å²) in [5, 5.41) is 0.359. The third kappa shape index (κ3) is 3.37. The Labute approximate surface area is 181 Å². The van der Waals surface area contributed by atoms with Crippen LogP contribution in [-0.2, 0) is 24.3 Å². The van der Waals surface area contributed by atoms with E-state index in [0.29, 0.717) is 36.3 Å². The topological polar surface area (TPSA) is 64.3 Å². The fourth-order valence-corrected chi connectivity index (χ4v) is 5.39. The van der Waals surface area contributed by atoms with Crippen LogP contribution in [0.3, 0.4) is 0 Å². The number of hydrogen-bond donors (Lipinski definition) is 0. The van der Waals surface area contributed by atoms with Crippen molar-refractivity contribution in [3.05, 3.63) is 60.3 Å². The fourth-order valence-electron chi connectivity index (χ4n) is 3.84. The molecule has 0 saturated carbocycles. The number of amides is 1. The molecule has 0 saturated heterocycles. The van der Waals surface area contributed by atoms with E-state index in [-0.39, 0.29) is 16.6 Å². The van der Waals surface area contributed by atoms with E-state index >= 15 is 0 Å². The van der Waals surface area contributed by atoms with Gasteiger partial charge in [-0.3, -0.25) is 14.2 Å². The van der Waals surface area contributed by atoms with Crippen molar-refractivity contribution in [2.75, 3.05) is 6.54 Å². The van der Waals surface area contributed by atoms with Crippen LogP contribution in [0, 0.1) is 5.82 Å². The van der Waals surface area contributed by atoms with Crippen LogP contribution in [0.15, 0.2) is 27.8 Å². The number of benzene rings is 1. The van der Waals surface area contributed by atoms with Gasteiger partial charge >= 0.3 is 5.69 Å². The number of carbonyl (C=O) groups excluding carboxylic acids is 1. The van der Waals surface area contributed by atoms with Crippen LogP contribution in [0.25, 0.3) is 15.9 Å². The number of aromatic nitrogens is 2. The molecule has 0 unspecified atom stereocenters. The van der Waals surface area contributed by atoms with Crippen LogP contribution >= 0.6 is 22.9 Å². The average molecular weight is 450 g/mol. The molecule has 0 radical (unpaired) electrons. The number of unbranched alkanes of at least 4 members (excludes halogenated alkanes) is 1. The second-order valence-corrected chi connectivity index (χ2v) is 8.89. The second-order valence-electron chi connectivity index (χ2n) is 7.40. The molecule has 158 valence electrons. The molecule has 0 aliphatic carbocycles. The number of halogens is 2. The molecule has 0 spiro atoms. The molecule has 3 heterocycles. The lowest BCUT2D eigenvalue weighted by molar-refractivity contribution is -0.129. The molecular formula is C21H21ClFN3O3S. The van der Waals surface area contributed by atoms with E-state index in [9.17, 15) is 18.8 Å². The molecule has 0 bridgehead atoms. The van der Waals surface area contributed by atoms with Crippen molar-refractivity contribution >= 4 is 39.1 Å². The van der Waals surface area contributed by atoms with Crippen molar-refractivity contribution in [3.63, 3.8) is 0 Å². The summed E-state index contributed by atoms with van der Waals surface area (Å²) in [5.41, 5.74) is 0.235. The van der Waals surface area contributed by atoms with Gasteiger partial charge in [-0.2, -0.15) is 0 Å². The lowest BCUT2D eigenvalue weighted by atomic mass is 10.1. The summed E-state index contributed by atoms with van der Waals surface area (Å²) in [4.78, 5) is 41.9. The van der Waals surface area contributed by atoms with Crippen LogP contribution in [0.1, 0.15) is 37.1 Å². The van der Waals surface area contributed by atoms with Gasteiger partial charge in [0.05, 0.1) is 22.6 Å². The minimum Gasteiger partial charge on any atom is -0.337 e. The third-order valence-corrected chi connectivity index (χ3v) is 6.99. The lowest BCUT2D eigenvalue weighted by Gasteiger charge is -2.25. The second kappa shape index (κ2) is 8.00. The summed E-state index contributed by atoms with van der Waals surface area (Å²) < 4.78 is 16.4. The molecule has 3 aromatic rings. The van der Waals surface area contributed by atoms with E-state index in [4.69, 9.17) is 11.6 Å². The summed E-state index contributed by atoms with van der Waals surface area (Å²) in [6.45, 7) is 5.00. The molecule has 1 aromatic carbocycles. The zero-order chi connectivity index (χ0) is 21.6. The summed E-state index contributed by atoms with van der Waals surface area (Å²) in [7, 11) is 0. The molecule has 0 fully saturated rings. The van der Waals surface area contributed by atoms with Crippen LogP contribution < -0.4 is 11.2 Å². The van der Waals surface area contributed by atoms with Gasteiger partial charge in [-0.25, -0.2) is 13.8 Å². The van der Waals surface area contributed by atoms with Gasteiger partial charge < -0.3 is 4.90 Å². The molecule has 0 N–H and O–H groups in total. The number of hydrogen-bond acceptors (Lipinski definition) is 4. The van der Waals surface area contributed by atoms with E-state index in [2.05, 4.69) is 0 Å². The highest BCUT2D eigenvalue weighted by molar-refractivity contribution is 7.18. The molecule has 9 heteroatoms. The predicted molar refractivity (Wildman–Crippen MR) is 116 cm³/mol. The normalized spacial score (nSPS) is 13.7. The van der Waals surface area contributed by atoms with Crippen molar-refractivity contribution in [1.29, 1.82) is 0 Å². The lowest BCUT2D eigenvalue weighted by Crippen LogP contribution is -2.39. The molecule has 4 rings (SSSR count). The Bertz CT molecular complexity index is 1280. The van der Waals surface area contributed by atoms with Crippen molar-refractivity contribution in [2.45, 2.75) is 46.2 Å². The first-order chi connectivity index (χ1) is 14.3. The SMILES string of the molecule is CCCCn1c(=O)n(-c2ccc(F)c(Cl)c2)c(=O)c2c3c(sc21)CN(C(C)=O)CC3. The van der Waals surface area contributed by atoms with Gasteiger partial charge in [0.1, 0.15) is 10.6 Å². The first-order valence-electron chi connectivity index (χ1n) is 9.84. The summed E-state index contributed by atoms with van der Waals surface area (Å²) in [5.74, 6) is -0.627. The highest BCUT2D eigenvalue weighted by atomic mass is 35.5. The van der Waals surface area contributed by atoms with Crippen LogP contribution in [0.4, 0.5) is 4.39 Å². The van der Waals surface area contributed by atoms with Gasteiger partial charge in [-0.05, 0) is 36.6 Å². The Morgan fingerprint density at radius 2 is 2.07 bits per heavy atom. The molecule has 1 aliphatic heterocycles. The molecule has 1 amide bonds. The molecule has 1 aliphatic rings. The van der Waals surface area contributed by atoms with Gasteiger partial charge in [0, 0.05) is 24.9 Å². The van der Waals surface area contributed by atoms with Gasteiger partial charge in [-0.1, -0.05) is 24.9 Å².